The molecule has 0 radical (unpaired) electrons. The van der Waals surface area contributed by atoms with Crippen molar-refractivity contribution in [1.82, 2.24) is 9.47 Å². The Morgan fingerprint density at radius 3 is 2.38 bits per heavy atom. The lowest BCUT2D eigenvalue weighted by molar-refractivity contribution is -0.122. The summed E-state index contributed by atoms with van der Waals surface area (Å²) in [6.45, 7) is 9.02. The summed E-state index contributed by atoms with van der Waals surface area (Å²) >= 11 is 1.39. The highest BCUT2D eigenvalue weighted by Crippen LogP contribution is 2.34. The maximum Gasteiger partial charge on any atom is 0.266 e. The minimum Gasteiger partial charge on any atom is -0.318 e. The fourth-order valence-electron chi connectivity index (χ4n) is 3.30. The first-order valence-electron chi connectivity index (χ1n) is 9.25. The first-order valence-corrected chi connectivity index (χ1v) is 11.6. The molecule has 3 rings (SSSR count). The fraction of sp³-hybridized carbons (Fsp3) is 0.300. The molecule has 154 valence electrons. The van der Waals surface area contributed by atoms with Gasteiger partial charge in [0.15, 0.2) is 5.17 Å². The minimum atomic E-state index is -3.73. The fourth-order valence-corrected chi connectivity index (χ4v) is 4.91. The van der Waals surface area contributed by atoms with Gasteiger partial charge in [0.2, 0.25) is 10.0 Å². The smallest absolute Gasteiger partial charge is 0.266 e. The number of hydrogen-bond acceptors (Lipinski definition) is 5. The molecule has 9 heteroatoms. The van der Waals surface area contributed by atoms with Crippen LogP contribution in [-0.2, 0) is 14.8 Å². The van der Waals surface area contributed by atoms with Gasteiger partial charge < -0.3 is 4.57 Å². The number of sulfonamides is 1. The second-order valence-corrected chi connectivity index (χ2v) is 9.19. The van der Waals surface area contributed by atoms with Crippen LogP contribution in [0.4, 0.5) is 0 Å². The number of benzene rings is 1. The van der Waals surface area contributed by atoms with Gasteiger partial charge in [-0.05, 0) is 81.4 Å². The molecular formula is C20H24N4O3S2. The van der Waals surface area contributed by atoms with Gasteiger partial charge >= 0.3 is 0 Å². The normalized spacial score (nSPS) is 17.7. The molecule has 1 aliphatic rings. The number of nitrogens with zero attached hydrogens (tertiary/aromatic N) is 3. The van der Waals surface area contributed by atoms with Crippen molar-refractivity contribution in [3.63, 3.8) is 0 Å². The summed E-state index contributed by atoms with van der Waals surface area (Å²) in [6, 6.07) is 8.43. The molecule has 0 spiro atoms. The van der Waals surface area contributed by atoms with E-state index in [4.69, 9.17) is 5.14 Å². The molecule has 2 heterocycles. The van der Waals surface area contributed by atoms with Crippen LogP contribution in [-0.4, -0.2) is 42.0 Å². The average Bonchev–Trinajstić information content (AvgIpc) is 3.10. The van der Waals surface area contributed by atoms with Crippen LogP contribution >= 0.6 is 11.8 Å². The van der Waals surface area contributed by atoms with E-state index in [9.17, 15) is 13.2 Å². The van der Waals surface area contributed by atoms with E-state index < -0.39 is 10.0 Å². The number of hydrogen-bond donors (Lipinski definition) is 1. The van der Waals surface area contributed by atoms with Crippen molar-refractivity contribution in [2.24, 2.45) is 10.1 Å². The number of primary sulfonamides is 1. The molecule has 0 saturated carbocycles. The summed E-state index contributed by atoms with van der Waals surface area (Å²) < 4.78 is 25.0. The minimum absolute atomic E-state index is 0.0352. The average molecular weight is 433 g/mol. The van der Waals surface area contributed by atoms with Crippen molar-refractivity contribution < 1.29 is 13.2 Å². The van der Waals surface area contributed by atoms with Gasteiger partial charge in [0.1, 0.15) is 0 Å². The highest BCUT2D eigenvalue weighted by molar-refractivity contribution is 8.18. The molecule has 0 aliphatic carbocycles. The van der Waals surface area contributed by atoms with Gasteiger partial charge in [0.05, 0.1) is 9.80 Å². The summed E-state index contributed by atoms with van der Waals surface area (Å²) in [4.78, 5) is 19.5. The number of aryl methyl sites for hydroxylation is 1. The maximum atomic E-state index is 12.7. The largest absolute Gasteiger partial charge is 0.318 e. The number of amidine groups is 1. The summed E-state index contributed by atoms with van der Waals surface area (Å²) in [5.74, 6) is -0.0352. The molecule has 29 heavy (non-hydrogen) atoms. The van der Waals surface area contributed by atoms with Crippen molar-refractivity contribution in [3.05, 3.63) is 52.2 Å². The number of carbonyl (C=O) groups excluding carboxylic acids is 1. The van der Waals surface area contributed by atoms with Crippen LogP contribution in [0.3, 0.4) is 0 Å². The van der Waals surface area contributed by atoms with Gasteiger partial charge in [0.25, 0.3) is 5.91 Å². The second-order valence-electron chi connectivity index (χ2n) is 6.62. The third kappa shape index (κ3) is 4.17. The summed E-state index contributed by atoms with van der Waals surface area (Å²) in [7, 11) is -3.73. The van der Waals surface area contributed by atoms with Gasteiger partial charge in [-0.3, -0.25) is 14.7 Å². The number of nitrogens with two attached hydrogens (primary N) is 1. The summed E-state index contributed by atoms with van der Waals surface area (Å²) in [5.41, 5.74) is 3.69. The van der Waals surface area contributed by atoms with Crippen molar-refractivity contribution in [2.75, 3.05) is 13.1 Å². The van der Waals surface area contributed by atoms with E-state index in [1.54, 1.807) is 17.0 Å². The van der Waals surface area contributed by atoms with E-state index in [-0.39, 0.29) is 10.8 Å². The number of carbonyl (C=O) groups is 1. The van der Waals surface area contributed by atoms with Crippen molar-refractivity contribution in [2.45, 2.75) is 32.6 Å². The number of aromatic nitrogens is 1. The Bertz CT molecular complexity index is 1110. The second kappa shape index (κ2) is 8.17. The van der Waals surface area contributed by atoms with Gasteiger partial charge in [-0.2, -0.15) is 0 Å². The highest BCUT2D eigenvalue weighted by Gasteiger charge is 2.32. The molecule has 0 atom stereocenters. The molecule has 1 aromatic heterocycles. The number of likely N-dealkylation sites (N-methyl/N-ethyl adjacent to an activating group) is 1. The molecule has 2 aromatic rings. The zero-order chi connectivity index (χ0) is 21.3. The van der Waals surface area contributed by atoms with Gasteiger partial charge in [-0.15, -0.1) is 0 Å². The SMILES string of the molecule is CCN=C1S/C(=C\c2cc(C)n(-c3ccc(S(N)(=O)=O)cc3)c2C)C(=O)N1CC. The van der Waals surface area contributed by atoms with Crippen molar-refractivity contribution >= 4 is 38.9 Å². The van der Waals surface area contributed by atoms with Crippen LogP contribution in [0.25, 0.3) is 11.8 Å². The van der Waals surface area contributed by atoms with Crippen LogP contribution in [0.15, 0.2) is 45.1 Å². The quantitative estimate of drug-likeness (QED) is 0.734. The third-order valence-corrected chi connectivity index (χ3v) is 6.65. The standard InChI is InChI=1S/C20H24N4O3S2/c1-5-22-20-23(6-2)19(25)18(28-20)12-15-11-13(3)24(14(15)4)16-7-9-17(10-8-16)29(21,26)27/h7-12H,5-6H2,1-4H3,(H2,21,26,27)/b18-12-,22-20?. The molecule has 1 fully saturated rings. The number of rotatable bonds is 5. The Labute approximate surface area is 175 Å². The van der Waals surface area contributed by atoms with Crippen LogP contribution in [0, 0.1) is 13.8 Å². The van der Waals surface area contributed by atoms with Gasteiger partial charge in [-0.25, -0.2) is 13.6 Å². The first-order chi connectivity index (χ1) is 13.7. The predicted molar refractivity (Wildman–Crippen MR) is 118 cm³/mol. The van der Waals surface area contributed by atoms with Gasteiger partial charge in [-0.1, -0.05) is 0 Å². The number of thioether (sulfide) groups is 1. The molecule has 7 nitrogen and oxygen atoms in total. The molecule has 0 bridgehead atoms. The lowest BCUT2D eigenvalue weighted by Crippen LogP contribution is -2.28. The lowest BCUT2D eigenvalue weighted by atomic mass is 10.2. The molecule has 1 saturated heterocycles. The number of aliphatic imine (C=N–C) groups is 1. The van der Waals surface area contributed by atoms with Crippen molar-refractivity contribution in [3.8, 4) is 5.69 Å². The number of amides is 1. The van der Waals surface area contributed by atoms with E-state index in [1.165, 1.54) is 23.9 Å². The lowest BCUT2D eigenvalue weighted by Gasteiger charge is -2.11. The van der Waals surface area contributed by atoms with E-state index in [2.05, 4.69) is 4.99 Å². The zero-order valence-electron chi connectivity index (χ0n) is 16.8. The zero-order valence-corrected chi connectivity index (χ0v) is 18.5. The Balaban J connectivity index is 1.99. The van der Waals surface area contributed by atoms with Crippen LogP contribution < -0.4 is 5.14 Å². The Morgan fingerprint density at radius 1 is 1.17 bits per heavy atom. The molecule has 0 unspecified atom stereocenters. The van der Waals surface area contributed by atoms with Crippen LogP contribution in [0.5, 0.6) is 0 Å². The monoisotopic (exact) mass is 432 g/mol. The van der Waals surface area contributed by atoms with E-state index >= 15 is 0 Å². The van der Waals surface area contributed by atoms with E-state index in [0.29, 0.717) is 18.0 Å². The van der Waals surface area contributed by atoms with Crippen molar-refractivity contribution in [1.29, 1.82) is 0 Å². The Hall–Kier alpha value is -2.36. The van der Waals surface area contributed by atoms with E-state index in [1.807, 2.05) is 44.4 Å². The first kappa shape index (κ1) is 21.4. The molecule has 1 amide bonds. The Morgan fingerprint density at radius 2 is 1.83 bits per heavy atom. The van der Waals surface area contributed by atoms with Crippen LogP contribution in [0.1, 0.15) is 30.8 Å². The highest BCUT2D eigenvalue weighted by atomic mass is 32.2. The predicted octanol–water partition coefficient (Wildman–Crippen LogP) is 3.05. The summed E-state index contributed by atoms with van der Waals surface area (Å²) in [6.07, 6.45) is 1.89. The third-order valence-electron chi connectivity index (χ3n) is 4.68. The maximum absolute atomic E-state index is 12.7. The molecule has 2 N–H and O–H groups in total. The summed E-state index contributed by atoms with van der Waals surface area (Å²) in [5, 5.41) is 5.91. The molecular weight excluding hydrogens is 408 g/mol. The molecule has 1 aliphatic heterocycles. The van der Waals surface area contributed by atoms with Crippen LogP contribution in [0.2, 0.25) is 0 Å². The van der Waals surface area contributed by atoms with E-state index in [0.717, 1.165) is 27.8 Å². The molecule has 1 aromatic carbocycles. The Kier molecular flexibility index (Phi) is 6.02. The topological polar surface area (TPSA) is 97.8 Å². The van der Waals surface area contributed by atoms with Gasteiger partial charge in [0, 0.05) is 30.2 Å².